The molecule has 0 unspecified atom stereocenters. The number of hydrogen-bond donors (Lipinski definition) is 0. The van der Waals surface area contributed by atoms with Crippen LogP contribution in [0.25, 0.3) is 0 Å². The van der Waals surface area contributed by atoms with Gasteiger partial charge in [0.25, 0.3) is 0 Å². The maximum atomic E-state index is 12.4. The Kier molecular flexibility index (Phi) is 5.89. The van der Waals surface area contributed by atoms with Gasteiger partial charge in [-0.05, 0) is 36.4 Å². The van der Waals surface area contributed by atoms with Crippen LogP contribution in [0, 0.1) is 11.3 Å². The lowest BCUT2D eigenvalue weighted by Crippen LogP contribution is -2.10. The van der Waals surface area contributed by atoms with Crippen molar-refractivity contribution in [3.05, 3.63) is 28.8 Å². The van der Waals surface area contributed by atoms with Crippen molar-refractivity contribution < 1.29 is 22.7 Å². The predicted molar refractivity (Wildman–Crippen MR) is 71.7 cm³/mol. The van der Waals surface area contributed by atoms with Crippen LogP contribution in [-0.2, 0) is 10.1 Å². The highest BCUT2D eigenvalue weighted by atomic mass is 79.9. The van der Waals surface area contributed by atoms with Crippen LogP contribution < -0.4 is 0 Å². The highest BCUT2D eigenvalue weighted by Crippen LogP contribution is 2.38. The Morgan fingerprint density at radius 3 is 2.60 bits per heavy atom. The number of hydrogen-bond acceptors (Lipinski definition) is 4. The summed E-state index contributed by atoms with van der Waals surface area (Å²) in [5, 5.41) is 9.16. The average molecular weight is 368 g/mol. The molecule has 0 fully saturated rings. The summed E-state index contributed by atoms with van der Waals surface area (Å²) in [4.78, 5) is 11.5. The number of carbonyl (C=O) groups is 1. The van der Waals surface area contributed by atoms with Gasteiger partial charge in [0, 0.05) is 10.2 Å². The molecule has 108 valence electrons. The van der Waals surface area contributed by atoms with E-state index < -0.39 is 11.5 Å². The molecule has 0 aromatic heterocycles. The molecule has 3 nitrogen and oxygen atoms in total. The van der Waals surface area contributed by atoms with E-state index in [9.17, 15) is 18.0 Å². The zero-order valence-electron chi connectivity index (χ0n) is 10.3. The first-order valence-electron chi connectivity index (χ1n) is 5.38. The van der Waals surface area contributed by atoms with Crippen molar-refractivity contribution in [2.24, 2.45) is 0 Å². The molecule has 0 saturated heterocycles. The van der Waals surface area contributed by atoms with E-state index in [1.54, 1.807) is 13.0 Å². The number of alkyl halides is 4. The van der Waals surface area contributed by atoms with Crippen LogP contribution in [0.1, 0.15) is 28.4 Å². The van der Waals surface area contributed by atoms with Gasteiger partial charge in [0.2, 0.25) is 0 Å². The third-order valence-corrected chi connectivity index (χ3v) is 3.47. The summed E-state index contributed by atoms with van der Waals surface area (Å²) in [5.74, 6) is -0.747. The number of esters is 1. The van der Waals surface area contributed by atoms with Gasteiger partial charge in [-0.3, -0.25) is 0 Å². The minimum absolute atomic E-state index is 0.0131. The number of nitriles is 1. The summed E-state index contributed by atoms with van der Waals surface area (Å²) in [6.45, 7) is 1.68. The smallest absolute Gasteiger partial charge is 0.446 e. The molecule has 0 spiro atoms. The van der Waals surface area contributed by atoms with E-state index in [0.29, 0.717) is 5.56 Å². The summed E-state index contributed by atoms with van der Waals surface area (Å²) < 4.78 is 42.0. The molecule has 0 heterocycles. The van der Waals surface area contributed by atoms with Crippen molar-refractivity contribution in [3.63, 3.8) is 0 Å². The van der Waals surface area contributed by atoms with E-state index in [1.807, 2.05) is 0 Å². The van der Waals surface area contributed by atoms with Crippen LogP contribution in [-0.4, -0.2) is 18.1 Å². The number of benzene rings is 1. The first-order chi connectivity index (χ1) is 9.32. The van der Waals surface area contributed by atoms with E-state index in [1.165, 1.54) is 0 Å². The first-order valence-corrected chi connectivity index (χ1v) is 7.32. The summed E-state index contributed by atoms with van der Waals surface area (Å²) in [5.41, 5.74) is -4.19. The zero-order chi connectivity index (χ0) is 15.3. The second-order valence-corrected chi connectivity index (χ2v) is 5.21. The Bertz CT molecular complexity index is 555. The van der Waals surface area contributed by atoms with Gasteiger partial charge in [0.05, 0.1) is 23.8 Å². The second-order valence-electron chi connectivity index (χ2n) is 3.51. The van der Waals surface area contributed by atoms with Gasteiger partial charge in [-0.2, -0.15) is 18.4 Å². The third kappa shape index (κ3) is 4.42. The minimum atomic E-state index is -4.49. The van der Waals surface area contributed by atoms with Gasteiger partial charge in [-0.15, -0.1) is 0 Å². The molecule has 0 aliphatic heterocycles. The summed E-state index contributed by atoms with van der Waals surface area (Å²) in [6.07, 6.45) is 0. The van der Waals surface area contributed by atoms with Gasteiger partial charge in [-0.1, -0.05) is 15.9 Å². The van der Waals surface area contributed by atoms with Gasteiger partial charge < -0.3 is 4.74 Å². The normalized spacial score (nSPS) is 11.0. The Labute approximate surface area is 126 Å². The fraction of sp³-hybridized carbons (Fsp3) is 0.333. The van der Waals surface area contributed by atoms with Gasteiger partial charge in [0.1, 0.15) is 0 Å². The molecule has 0 radical (unpaired) electrons. The monoisotopic (exact) mass is 367 g/mol. The van der Waals surface area contributed by atoms with Crippen molar-refractivity contribution in [1.29, 1.82) is 5.26 Å². The van der Waals surface area contributed by atoms with Crippen LogP contribution in [0.2, 0.25) is 0 Å². The summed E-state index contributed by atoms with van der Waals surface area (Å²) in [6, 6.07) is 3.99. The largest absolute Gasteiger partial charge is 0.462 e. The second kappa shape index (κ2) is 6.99. The molecule has 1 aromatic carbocycles. The molecule has 0 atom stereocenters. The molecular weight excluding hydrogens is 359 g/mol. The zero-order valence-corrected chi connectivity index (χ0v) is 12.7. The lowest BCUT2D eigenvalue weighted by molar-refractivity contribution is -0.0328. The molecule has 1 rings (SSSR count). The Balaban J connectivity index is 3.35. The predicted octanol–water partition coefficient (Wildman–Crippen LogP) is 4.24. The third-order valence-electron chi connectivity index (χ3n) is 2.21. The maximum absolute atomic E-state index is 12.4. The molecule has 8 heteroatoms. The molecular formula is C12H9BrF3NO2S. The minimum Gasteiger partial charge on any atom is -0.462 e. The summed E-state index contributed by atoms with van der Waals surface area (Å²) in [7, 11) is 0. The van der Waals surface area contributed by atoms with E-state index in [0.717, 1.165) is 12.1 Å². The van der Waals surface area contributed by atoms with Crippen LogP contribution in [0.5, 0.6) is 0 Å². The average Bonchev–Trinajstić information content (AvgIpc) is 2.35. The lowest BCUT2D eigenvalue weighted by Gasteiger charge is -2.12. The standard InChI is InChI=1S/C12H9BrF3NO2S/c1-2-19-11(18)9-4-8(20-12(14,15)16)3-7(6-17)10(9)5-13/h3-4H,2,5H2,1H3. The van der Waals surface area contributed by atoms with Crippen LogP contribution in [0.3, 0.4) is 0 Å². The van der Waals surface area contributed by atoms with Gasteiger partial charge in [0.15, 0.2) is 0 Å². The van der Waals surface area contributed by atoms with Crippen molar-refractivity contribution >= 4 is 33.7 Å². The molecule has 0 N–H and O–H groups in total. The Morgan fingerprint density at radius 2 is 2.15 bits per heavy atom. The fourth-order valence-corrected chi connectivity index (χ4v) is 2.70. The molecule has 0 saturated carbocycles. The molecule has 1 aromatic rings. The molecule has 0 aliphatic rings. The maximum Gasteiger partial charge on any atom is 0.446 e. The van der Waals surface area contributed by atoms with Crippen molar-refractivity contribution in [3.8, 4) is 6.07 Å². The summed E-state index contributed by atoms with van der Waals surface area (Å²) >= 11 is 2.74. The van der Waals surface area contributed by atoms with Crippen LogP contribution in [0.15, 0.2) is 17.0 Å². The lowest BCUT2D eigenvalue weighted by atomic mass is 10.0. The Hall–Kier alpha value is -1.20. The van der Waals surface area contributed by atoms with Crippen molar-refractivity contribution in [2.75, 3.05) is 6.61 Å². The van der Waals surface area contributed by atoms with E-state index in [-0.39, 0.29) is 39.7 Å². The Morgan fingerprint density at radius 1 is 1.50 bits per heavy atom. The SMILES string of the molecule is CCOC(=O)c1cc(SC(F)(F)F)cc(C#N)c1CBr. The highest BCUT2D eigenvalue weighted by Gasteiger charge is 2.30. The van der Waals surface area contributed by atoms with Crippen LogP contribution >= 0.6 is 27.7 Å². The van der Waals surface area contributed by atoms with E-state index in [4.69, 9.17) is 10.00 Å². The number of carbonyl (C=O) groups excluding carboxylic acids is 1. The molecule has 20 heavy (non-hydrogen) atoms. The fourth-order valence-electron chi connectivity index (χ4n) is 1.47. The first kappa shape index (κ1) is 16.9. The number of rotatable bonds is 4. The van der Waals surface area contributed by atoms with E-state index in [2.05, 4.69) is 15.9 Å². The molecule has 0 amide bonds. The van der Waals surface area contributed by atoms with Gasteiger partial charge >= 0.3 is 11.5 Å². The van der Waals surface area contributed by atoms with E-state index >= 15 is 0 Å². The quantitative estimate of drug-likeness (QED) is 0.453. The van der Waals surface area contributed by atoms with Crippen LogP contribution in [0.4, 0.5) is 13.2 Å². The molecule has 0 aliphatic carbocycles. The number of nitrogens with zero attached hydrogens (tertiary/aromatic N) is 1. The number of ether oxygens (including phenoxy) is 1. The van der Waals surface area contributed by atoms with Gasteiger partial charge in [-0.25, -0.2) is 4.79 Å². The number of halogens is 4. The van der Waals surface area contributed by atoms with Crippen molar-refractivity contribution in [2.45, 2.75) is 22.7 Å². The number of thioether (sulfide) groups is 1. The molecule has 0 bridgehead atoms. The van der Waals surface area contributed by atoms with Crippen molar-refractivity contribution in [1.82, 2.24) is 0 Å². The topological polar surface area (TPSA) is 50.1 Å². The highest BCUT2D eigenvalue weighted by molar-refractivity contribution is 9.08.